The summed E-state index contributed by atoms with van der Waals surface area (Å²) in [6, 6.07) is 9.45. The first-order chi connectivity index (χ1) is 16.2. The molecule has 182 valence electrons. The summed E-state index contributed by atoms with van der Waals surface area (Å²) in [6.45, 7) is 0. The summed E-state index contributed by atoms with van der Waals surface area (Å²) < 4.78 is 103. The Bertz CT molecular complexity index is 1480. The Morgan fingerprint density at radius 3 is 1.89 bits per heavy atom. The summed E-state index contributed by atoms with van der Waals surface area (Å²) in [5.74, 6) is -0.422. The van der Waals surface area contributed by atoms with Crippen LogP contribution >= 0.6 is 0 Å². The minimum absolute atomic E-state index is 0.0195. The van der Waals surface area contributed by atoms with Crippen molar-refractivity contribution < 1.29 is 34.8 Å². The van der Waals surface area contributed by atoms with Crippen LogP contribution in [0.1, 0.15) is 11.3 Å². The highest BCUT2D eigenvalue weighted by atomic mass is 32.2. The second-order valence-corrected chi connectivity index (χ2v) is 8.81. The minimum Gasteiger partial charge on any atom is -0.274 e. The van der Waals surface area contributed by atoms with E-state index in [-0.39, 0.29) is 21.8 Å². The smallest absolute Gasteiger partial charge is 0.274 e. The van der Waals surface area contributed by atoms with Gasteiger partial charge in [-0.15, -0.1) is 0 Å². The van der Waals surface area contributed by atoms with Crippen molar-refractivity contribution in [3.63, 3.8) is 0 Å². The molecule has 0 saturated carbocycles. The molecule has 0 radical (unpaired) electrons. The van der Waals surface area contributed by atoms with Gasteiger partial charge in [-0.05, 0) is 30.3 Å². The number of halogens is 6. The number of aromatic nitrogens is 4. The molecular weight excluding hydrogens is 500 g/mol. The molecule has 0 aliphatic rings. The Morgan fingerprint density at radius 1 is 0.771 bits per heavy atom. The molecule has 0 aliphatic carbocycles. The first-order valence-corrected chi connectivity index (χ1v) is 11.1. The Morgan fingerprint density at radius 2 is 1.34 bits per heavy atom. The lowest BCUT2D eigenvalue weighted by atomic mass is 10.1. The van der Waals surface area contributed by atoms with Crippen molar-refractivity contribution in [1.82, 2.24) is 19.5 Å². The van der Waals surface area contributed by atoms with E-state index in [9.17, 15) is 34.8 Å². The highest BCUT2D eigenvalue weighted by Gasteiger charge is 2.34. The predicted molar refractivity (Wildman–Crippen MR) is 111 cm³/mol. The molecule has 2 aromatic heterocycles. The van der Waals surface area contributed by atoms with Gasteiger partial charge >= 0.3 is 12.4 Å². The fraction of sp³-hybridized carbons (Fsp3) is 0.0952. The summed E-state index contributed by atoms with van der Waals surface area (Å²) >= 11 is 0. The van der Waals surface area contributed by atoms with E-state index in [2.05, 4.69) is 15.0 Å². The normalized spacial score (nSPS) is 12.7. The number of sulfonamides is 1. The number of imidazole rings is 1. The molecule has 14 heteroatoms. The zero-order valence-corrected chi connectivity index (χ0v) is 18.0. The number of nitrogens with two attached hydrogens (primary N) is 1. The van der Waals surface area contributed by atoms with Gasteiger partial charge in [-0.1, -0.05) is 24.3 Å². The molecule has 0 bridgehead atoms. The molecule has 0 saturated heterocycles. The van der Waals surface area contributed by atoms with E-state index in [1.54, 1.807) is 0 Å². The number of hydrogen-bond donors (Lipinski definition) is 1. The van der Waals surface area contributed by atoms with Gasteiger partial charge in [0.25, 0.3) is 0 Å². The predicted octanol–water partition coefficient (Wildman–Crippen LogP) is 4.68. The van der Waals surface area contributed by atoms with Crippen molar-refractivity contribution in [3.05, 3.63) is 78.4 Å². The van der Waals surface area contributed by atoms with Crippen LogP contribution in [0.2, 0.25) is 0 Å². The Balaban J connectivity index is 1.74. The topological polar surface area (TPSA) is 104 Å². The SMILES string of the molecule is NS(=O)(=O)c1ccc(-c2cn(-c3nc(-c4ccc(C(F)(F)F)cc4)cc(C(F)(F)F)n3)cn2)cc1. The fourth-order valence-corrected chi connectivity index (χ4v) is 3.59. The zero-order valence-electron chi connectivity index (χ0n) is 17.2. The van der Waals surface area contributed by atoms with Gasteiger partial charge in [0.1, 0.15) is 6.33 Å². The van der Waals surface area contributed by atoms with Crippen LogP contribution in [0.15, 0.2) is 72.0 Å². The summed E-state index contributed by atoms with van der Waals surface area (Å²) in [6.07, 6.45) is -7.00. The van der Waals surface area contributed by atoms with E-state index < -0.39 is 39.6 Å². The van der Waals surface area contributed by atoms with E-state index in [4.69, 9.17) is 5.14 Å². The Hall–Kier alpha value is -3.78. The largest absolute Gasteiger partial charge is 0.433 e. The number of rotatable bonds is 4. The summed E-state index contributed by atoms with van der Waals surface area (Å²) in [5.41, 5.74) is -1.78. The third-order valence-electron chi connectivity index (χ3n) is 4.80. The van der Waals surface area contributed by atoms with Crippen LogP contribution in [-0.2, 0) is 22.4 Å². The van der Waals surface area contributed by atoms with E-state index in [1.165, 1.54) is 30.5 Å². The van der Waals surface area contributed by atoms with Crippen molar-refractivity contribution in [3.8, 4) is 28.5 Å². The van der Waals surface area contributed by atoms with Gasteiger partial charge < -0.3 is 0 Å². The number of alkyl halides is 6. The van der Waals surface area contributed by atoms with Gasteiger partial charge in [0.15, 0.2) is 5.69 Å². The van der Waals surface area contributed by atoms with Gasteiger partial charge in [0.05, 0.1) is 21.8 Å². The minimum atomic E-state index is -4.86. The number of nitrogens with zero attached hydrogens (tertiary/aromatic N) is 4. The van der Waals surface area contributed by atoms with E-state index >= 15 is 0 Å². The van der Waals surface area contributed by atoms with E-state index in [0.29, 0.717) is 11.6 Å². The average Bonchev–Trinajstić information content (AvgIpc) is 3.28. The lowest BCUT2D eigenvalue weighted by Crippen LogP contribution is -2.12. The molecule has 0 fully saturated rings. The molecule has 2 heterocycles. The average molecular weight is 513 g/mol. The van der Waals surface area contributed by atoms with Crippen LogP contribution in [0.3, 0.4) is 0 Å². The molecule has 4 rings (SSSR count). The van der Waals surface area contributed by atoms with Crippen LogP contribution < -0.4 is 5.14 Å². The number of hydrogen-bond acceptors (Lipinski definition) is 5. The third-order valence-corrected chi connectivity index (χ3v) is 5.73. The van der Waals surface area contributed by atoms with Crippen LogP contribution in [0, 0.1) is 0 Å². The quantitative estimate of drug-likeness (QED) is 0.399. The molecular formula is C21H13F6N5O2S. The van der Waals surface area contributed by atoms with E-state index in [1.807, 2.05) is 0 Å². The molecule has 2 aromatic carbocycles. The maximum Gasteiger partial charge on any atom is 0.433 e. The maximum atomic E-state index is 13.5. The highest BCUT2D eigenvalue weighted by Crippen LogP contribution is 2.33. The highest BCUT2D eigenvalue weighted by molar-refractivity contribution is 7.89. The molecule has 7 nitrogen and oxygen atoms in total. The molecule has 4 aromatic rings. The van der Waals surface area contributed by atoms with Crippen molar-refractivity contribution in [1.29, 1.82) is 0 Å². The number of primary sulfonamides is 1. The van der Waals surface area contributed by atoms with Gasteiger partial charge in [-0.25, -0.2) is 28.5 Å². The first kappa shape index (κ1) is 24.3. The first-order valence-electron chi connectivity index (χ1n) is 9.53. The molecule has 35 heavy (non-hydrogen) atoms. The third kappa shape index (κ3) is 5.33. The molecule has 0 unspecified atom stereocenters. The van der Waals surface area contributed by atoms with Crippen molar-refractivity contribution in [2.75, 3.05) is 0 Å². The number of benzene rings is 2. The summed E-state index contributed by atoms with van der Waals surface area (Å²) in [7, 11) is -3.91. The Kier molecular flexibility index (Phi) is 5.89. The van der Waals surface area contributed by atoms with Crippen LogP contribution in [0.25, 0.3) is 28.5 Å². The van der Waals surface area contributed by atoms with Gasteiger partial charge in [0, 0.05) is 17.3 Å². The second kappa shape index (κ2) is 8.46. The van der Waals surface area contributed by atoms with Gasteiger partial charge in [-0.2, -0.15) is 26.3 Å². The Labute approximate surface area is 194 Å². The molecule has 0 atom stereocenters. The summed E-state index contributed by atoms with van der Waals surface area (Å²) in [5, 5.41) is 5.05. The van der Waals surface area contributed by atoms with Crippen LogP contribution in [0.4, 0.5) is 26.3 Å². The van der Waals surface area contributed by atoms with E-state index in [0.717, 1.165) is 35.2 Å². The standard InChI is InChI=1S/C21H13F6N5O2S/c22-20(23,24)14-5-1-12(2-6-14)16-9-18(21(25,26)27)31-19(30-16)32-10-17(29-11-32)13-3-7-15(8-4-13)35(28,33)34/h1-11H,(H2,28,33,34). The summed E-state index contributed by atoms with van der Waals surface area (Å²) in [4.78, 5) is 11.5. The van der Waals surface area contributed by atoms with Gasteiger partial charge in [0.2, 0.25) is 16.0 Å². The second-order valence-electron chi connectivity index (χ2n) is 7.25. The van der Waals surface area contributed by atoms with Crippen LogP contribution in [-0.4, -0.2) is 27.9 Å². The lowest BCUT2D eigenvalue weighted by molar-refractivity contribution is -0.141. The van der Waals surface area contributed by atoms with Gasteiger partial charge in [-0.3, -0.25) is 4.57 Å². The maximum absolute atomic E-state index is 13.5. The zero-order chi connectivity index (χ0) is 25.6. The molecule has 2 N–H and O–H groups in total. The lowest BCUT2D eigenvalue weighted by Gasteiger charge is -2.12. The fourth-order valence-electron chi connectivity index (χ4n) is 3.07. The van der Waals surface area contributed by atoms with Crippen molar-refractivity contribution in [2.45, 2.75) is 17.2 Å². The van der Waals surface area contributed by atoms with Crippen molar-refractivity contribution >= 4 is 10.0 Å². The molecule has 0 aliphatic heterocycles. The van der Waals surface area contributed by atoms with Crippen molar-refractivity contribution in [2.24, 2.45) is 5.14 Å². The monoisotopic (exact) mass is 513 g/mol. The van der Waals surface area contributed by atoms with Crippen LogP contribution in [0.5, 0.6) is 0 Å². The molecule has 0 amide bonds. The molecule has 0 spiro atoms.